The molecule has 0 radical (unpaired) electrons. The summed E-state index contributed by atoms with van der Waals surface area (Å²) in [6, 6.07) is 19.9. The number of benzene rings is 2. The molecular formula is C25H31NO3. The second kappa shape index (κ2) is 8.83. The van der Waals surface area contributed by atoms with Gasteiger partial charge in [0.05, 0.1) is 6.10 Å². The quantitative estimate of drug-likeness (QED) is 0.754. The van der Waals surface area contributed by atoms with Gasteiger partial charge < -0.3 is 14.7 Å². The highest BCUT2D eigenvalue weighted by molar-refractivity contribution is 5.71. The first-order chi connectivity index (χ1) is 13.8. The molecule has 2 aromatic rings. The number of piperidine rings is 1. The molecule has 1 aliphatic heterocycles. The van der Waals surface area contributed by atoms with E-state index in [4.69, 9.17) is 4.74 Å². The smallest absolute Gasteiger partial charge is 0.410 e. The van der Waals surface area contributed by atoms with E-state index in [0.717, 1.165) is 11.1 Å². The van der Waals surface area contributed by atoms with E-state index >= 15 is 0 Å². The first kappa shape index (κ1) is 21.1. The van der Waals surface area contributed by atoms with Crippen molar-refractivity contribution in [2.75, 3.05) is 13.1 Å². The molecule has 1 heterocycles. The number of aliphatic hydroxyl groups is 1. The van der Waals surface area contributed by atoms with Gasteiger partial charge in [-0.25, -0.2) is 4.79 Å². The number of likely N-dealkylation sites (tertiary alicyclic amines) is 1. The van der Waals surface area contributed by atoms with Crippen LogP contribution in [0.3, 0.4) is 0 Å². The molecule has 1 N–H and O–H groups in total. The highest BCUT2D eigenvalue weighted by atomic mass is 16.6. The summed E-state index contributed by atoms with van der Waals surface area (Å²) in [5, 5.41) is 11.2. The highest BCUT2D eigenvalue weighted by Crippen LogP contribution is 2.38. The molecule has 0 unspecified atom stereocenters. The third-order valence-electron chi connectivity index (χ3n) is 5.38. The maximum atomic E-state index is 12.7. The zero-order valence-electron chi connectivity index (χ0n) is 17.8. The van der Waals surface area contributed by atoms with Gasteiger partial charge in [0, 0.05) is 19.0 Å². The molecule has 154 valence electrons. The summed E-state index contributed by atoms with van der Waals surface area (Å²) in [7, 11) is 0. The number of hydrogen-bond donors (Lipinski definition) is 1. The van der Waals surface area contributed by atoms with Crippen molar-refractivity contribution in [2.24, 2.45) is 5.92 Å². The molecular weight excluding hydrogens is 362 g/mol. The van der Waals surface area contributed by atoms with Crippen LogP contribution in [0.2, 0.25) is 0 Å². The zero-order valence-corrected chi connectivity index (χ0v) is 17.8. The Kier molecular flexibility index (Phi) is 6.43. The third-order valence-corrected chi connectivity index (χ3v) is 5.38. The normalized spacial score (nSPS) is 20.2. The summed E-state index contributed by atoms with van der Waals surface area (Å²) in [6.45, 7) is 8.75. The topological polar surface area (TPSA) is 49.8 Å². The van der Waals surface area contributed by atoms with Gasteiger partial charge in [0.15, 0.2) is 0 Å². The summed E-state index contributed by atoms with van der Waals surface area (Å²) in [5.74, 6) is -0.182. The fourth-order valence-corrected chi connectivity index (χ4v) is 3.88. The van der Waals surface area contributed by atoms with E-state index in [-0.39, 0.29) is 12.0 Å². The summed E-state index contributed by atoms with van der Waals surface area (Å²) >= 11 is 0. The molecule has 2 aromatic carbocycles. The number of ether oxygens (including phenoxy) is 1. The van der Waals surface area contributed by atoms with Gasteiger partial charge in [0.1, 0.15) is 5.60 Å². The number of allylic oxidation sites excluding steroid dienone is 1. The predicted molar refractivity (Wildman–Crippen MR) is 116 cm³/mol. The van der Waals surface area contributed by atoms with E-state index in [0.29, 0.717) is 19.5 Å². The number of nitrogens with zero attached hydrogens (tertiary/aromatic N) is 1. The van der Waals surface area contributed by atoms with Gasteiger partial charge in [-0.05, 0) is 50.8 Å². The van der Waals surface area contributed by atoms with E-state index in [9.17, 15) is 9.90 Å². The summed E-state index contributed by atoms with van der Waals surface area (Å²) in [4.78, 5) is 14.4. The fraction of sp³-hybridized carbons (Fsp3) is 0.400. The highest BCUT2D eigenvalue weighted by Gasteiger charge is 2.35. The van der Waals surface area contributed by atoms with Crippen LogP contribution < -0.4 is 0 Å². The average molecular weight is 394 g/mol. The summed E-state index contributed by atoms with van der Waals surface area (Å²) in [6.07, 6.45) is -0.289. The molecule has 0 aliphatic carbocycles. The average Bonchev–Trinajstić information content (AvgIpc) is 2.72. The van der Waals surface area contributed by atoms with Crippen molar-refractivity contribution < 1.29 is 14.6 Å². The van der Waals surface area contributed by atoms with Gasteiger partial charge in [-0.1, -0.05) is 66.2 Å². The Morgan fingerprint density at radius 3 is 2.24 bits per heavy atom. The van der Waals surface area contributed by atoms with Crippen molar-refractivity contribution in [1.82, 2.24) is 4.90 Å². The molecule has 0 aromatic heterocycles. The van der Waals surface area contributed by atoms with E-state index < -0.39 is 11.7 Å². The molecule has 1 saturated heterocycles. The maximum Gasteiger partial charge on any atom is 0.410 e. The lowest BCUT2D eigenvalue weighted by Crippen LogP contribution is -2.45. The SMILES string of the molecule is C/C(=C1\CCN(C(=O)OC(C)(C)C)C[C@@H]1[C@H](O)c1ccccc1)c1ccccc1. The third kappa shape index (κ3) is 5.27. The Morgan fingerprint density at radius 1 is 1.07 bits per heavy atom. The fourth-order valence-electron chi connectivity index (χ4n) is 3.88. The molecule has 29 heavy (non-hydrogen) atoms. The number of carbonyl (C=O) groups is 1. The van der Waals surface area contributed by atoms with E-state index in [1.807, 2.05) is 69.3 Å². The predicted octanol–water partition coefficient (Wildman–Crippen LogP) is 5.45. The van der Waals surface area contributed by atoms with Gasteiger partial charge in [-0.3, -0.25) is 0 Å². The van der Waals surface area contributed by atoms with Crippen molar-refractivity contribution in [3.05, 3.63) is 77.4 Å². The number of hydrogen-bond acceptors (Lipinski definition) is 3. The molecule has 2 atom stereocenters. The minimum atomic E-state index is -0.685. The molecule has 3 rings (SSSR count). The van der Waals surface area contributed by atoms with Crippen LogP contribution in [-0.2, 0) is 4.74 Å². The van der Waals surface area contributed by atoms with Crippen LogP contribution in [0.4, 0.5) is 4.79 Å². The van der Waals surface area contributed by atoms with Gasteiger partial charge >= 0.3 is 6.09 Å². The van der Waals surface area contributed by atoms with Crippen LogP contribution in [0.15, 0.2) is 66.2 Å². The maximum absolute atomic E-state index is 12.7. The molecule has 4 heteroatoms. The summed E-state index contributed by atoms with van der Waals surface area (Å²) < 4.78 is 5.58. The monoisotopic (exact) mass is 393 g/mol. The van der Waals surface area contributed by atoms with Crippen LogP contribution in [0.25, 0.3) is 5.57 Å². The van der Waals surface area contributed by atoms with E-state index in [1.165, 1.54) is 11.1 Å². The number of rotatable bonds is 3. The molecule has 0 saturated carbocycles. The van der Waals surface area contributed by atoms with Gasteiger partial charge in [-0.15, -0.1) is 0 Å². The van der Waals surface area contributed by atoms with Gasteiger partial charge in [0.2, 0.25) is 0 Å². The number of amides is 1. The van der Waals surface area contributed by atoms with Crippen LogP contribution in [0.1, 0.15) is 51.3 Å². The van der Waals surface area contributed by atoms with E-state index in [1.54, 1.807) is 4.90 Å². The molecule has 0 spiro atoms. The Bertz CT molecular complexity index is 853. The van der Waals surface area contributed by atoms with Crippen LogP contribution >= 0.6 is 0 Å². The lowest BCUT2D eigenvalue weighted by molar-refractivity contribution is 0.0116. The van der Waals surface area contributed by atoms with Gasteiger partial charge in [-0.2, -0.15) is 0 Å². The number of aliphatic hydroxyl groups excluding tert-OH is 1. The molecule has 1 amide bonds. The zero-order chi connectivity index (χ0) is 21.0. The van der Waals surface area contributed by atoms with Crippen molar-refractivity contribution in [2.45, 2.75) is 45.8 Å². The lowest BCUT2D eigenvalue weighted by Gasteiger charge is -2.39. The van der Waals surface area contributed by atoms with Crippen LogP contribution in [0, 0.1) is 5.92 Å². The Balaban J connectivity index is 1.93. The standard InChI is InChI=1S/C25H31NO3/c1-18(19-11-7-5-8-12-19)21-15-16-26(24(28)29-25(2,3)4)17-22(21)23(27)20-13-9-6-10-14-20/h5-14,22-23,27H,15-17H2,1-4H3/b21-18-/t22-,23+/m0/s1. The second-order valence-electron chi connectivity index (χ2n) is 8.65. The minimum Gasteiger partial charge on any atom is -0.444 e. The second-order valence-corrected chi connectivity index (χ2v) is 8.65. The minimum absolute atomic E-state index is 0.182. The number of carbonyl (C=O) groups excluding carboxylic acids is 1. The first-order valence-corrected chi connectivity index (χ1v) is 10.2. The lowest BCUT2D eigenvalue weighted by atomic mass is 9.80. The largest absolute Gasteiger partial charge is 0.444 e. The Morgan fingerprint density at radius 2 is 1.66 bits per heavy atom. The molecule has 1 aliphatic rings. The summed E-state index contributed by atoms with van der Waals surface area (Å²) in [5.41, 5.74) is 3.85. The molecule has 0 bridgehead atoms. The Labute approximate surface area is 173 Å². The van der Waals surface area contributed by atoms with Crippen LogP contribution in [-0.4, -0.2) is 34.8 Å². The molecule has 1 fully saturated rings. The van der Waals surface area contributed by atoms with Crippen LogP contribution in [0.5, 0.6) is 0 Å². The Hall–Kier alpha value is -2.59. The van der Waals surface area contributed by atoms with Gasteiger partial charge in [0.25, 0.3) is 0 Å². The first-order valence-electron chi connectivity index (χ1n) is 10.2. The van der Waals surface area contributed by atoms with Crippen molar-refractivity contribution in [1.29, 1.82) is 0 Å². The van der Waals surface area contributed by atoms with E-state index in [2.05, 4.69) is 19.1 Å². The van der Waals surface area contributed by atoms with Crippen molar-refractivity contribution in [3.8, 4) is 0 Å². The van der Waals surface area contributed by atoms with Crippen molar-refractivity contribution in [3.63, 3.8) is 0 Å². The molecule has 4 nitrogen and oxygen atoms in total. The van der Waals surface area contributed by atoms with Crippen molar-refractivity contribution >= 4 is 11.7 Å².